The summed E-state index contributed by atoms with van der Waals surface area (Å²) < 4.78 is 11.5. The molecule has 0 amide bonds. The first kappa shape index (κ1) is 12.1. The third-order valence-corrected chi connectivity index (χ3v) is 4.19. The summed E-state index contributed by atoms with van der Waals surface area (Å²) in [5.74, 6) is 0.630. The third kappa shape index (κ3) is 1.94. The minimum absolute atomic E-state index is 0.339. The smallest absolute Gasteiger partial charge is 0.171 e. The number of ether oxygens (including phenoxy) is 2. The van der Waals surface area contributed by atoms with Gasteiger partial charge in [-0.05, 0) is 0 Å². The van der Waals surface area contributed by atoms with Gasteiger partial charge in [0, 0.05) is 36.7 Å². The molecule has 2 fully saturated rings. The van der Waals surface area contributed by atoms with Gasteiger partial charge in [0.05, 0.1) is 19.4 Å². The second-order valence-corrected chi connectivity index (χ2v) is 5.35. The van der Waals surface area contributed by atoms with E-state index in [1.165, 1.54) is 0 Å². The molecule has 0 atom stereocenters. The fraction of sp³-hybridized carbons (Fsp3) is 0.467. The molecule has 0 saturated carbocycles. The van der Waals surface area contributed by atoms with Gasteiger partial charge >= 0.3 is 0 Å². The molecular weight excluding hydrogens is 254 g/mol. The van der Waals surface area contributed by atoms with E-state index in [-0.39, 0.29) is 5.79 Å². The number of benzene rings is 1. The molecule has 5 heteroatoms. The van der Waals surface area contributed by atoms with Crippen LogP contribution in [0.5, 0.6) is 0 Å². The number of hydrogen-bond acceptors (Lipinski definition) is 5. The first-order valence-corrected chi connectivity index (χ1v) is 7.10. The standard InChI is InChI=1S/C15H17N3O2/c1-2-4-13-12(3-1)11-16-17-14(13)18-7-5-15(6-8-18)19-9-10-20-15/h1-4,11H,5-10H2. The molecule has 0 N–H and O–H groups in total. The average molecular weight is 271 g/mol. The second kappa shape index (κ2) is 4.68. The van der Waals surface area contributed by atoms with E-state index in [0.717, 1.165) is 42.5 Å². The quantitative estimate of drug-likeness (QED) is 0.793. The predicted molar refractivity (Wildman–Crippen MR) is 75.6 cm³/mol. The summed E-state index contributed by atoms with van der Waals surface area (Å²) in [7, 11) is 0. The number of hydrogen-bond donors (Lipinski definition) is 0. The molecule has 5 nitrogen and oxygen atoms in total. The van der Waals surface area contributed by atoms with Gasteiger partial charge in [-0.3, -0.25) is 0 Å². The van der Waals surface area contributed by atoms with Crippen molar-refractivity contribution in [2.45, 2.75) is 18.6 Å². The summed E-state index contributed by atoms with van der Waals surface area (Å²) in [6.07, 6.45) is 3.59. The van der Waals surface area contributed by atoms with Gasteiger partial charge in [0.2, 0.25) is 0 Å². The SMILES string of the molecule is c1ccc2c(N3CCC4(CC3)OCCO4)nncc2c1. The van der Waals surface area contributed by atoms with E-state index in [1.54, 1.807) is 0 Å². The molecule has 3 heterocycles. The molecule has 1 spiro atoms. The molecule has 1 aromatic heterocycles. The van der Waals surface area contributed by atoms with Crippen molar-refractivity contribution in [3.05, 3.63) is 30.5 Å². The minimum atomic E-state index is -0.339. The highest BCUT2D eigenvalue weighted by Gasteiger charge is 2.40. The Bertz CT molecular complexity index is 610. The van der Waals surface area contributed by atoms with Crippen LogP contribution in [0.2, 0.25) is 0 Å². The van der Waals surface area contributed by atoms with Crippen molar-refractivity contribution in [2.24, 2.45) is 0 Å². The van der Waals surface area contributed by atoms with Crippen LogP contribution >= 0.6 is 0 Å². The molecule has 0 aliphatic carbocycles. The van der Waals surface area contributed by atoms with Gasteiger partial charge in [0.1, 0.15) is 0 Å². The van der Waals surface area contributed by atoms with Gasteiger partial charge in [0.15, 0.2) is 11.6 Å². The number of fused-ring (bicyclic) bond motifs is 1. The van der Waals surface area contributed by atoms with Crippen LogP contribution in [0, 0.1) is 0 Å². The van der Waals surface area contributed by atoms with Crippen LogP contribution in [0.1, 0.15) is 12.8 Å². The van der Waals surface area contributed by atoms with Crippen LogP contribution in [0.15, 0.2) is 30.5 Å². The zero-order valence-electron chi connectivity index (χ0n) is 11.3. The van der Waals surface area contributed by atoms with Crippen molar-refractivity contribution in [3.63, 3.8) is 0 Å². The Balaban J connectivity index is 1.61. The topological polar surface area (TPSA) is 47.5 Å². The Kier molecular flexibility index (Phi) is 2.82. The molecule has 4 rings (SSSR count). The Hall–Kier alpha value is -1.72. The maximum atomic E-state index is 5.77. The normalized spacial score (nSPS) is 21.7. The Morgan fingerprint density at radius 1 is 1.05 bits per heavy atom. The summed E-state index contributed by atoms with van der Waals surface area (Å²) in [4.78, 5) is 2.28. The summed E-state index contributed by atoms with van der Waals surface area (Å²) in [5.41, 5.74) is 0. The van der Waals surface area contributed by atoms with Crippen molar-refractivity contribution < 1.29 is 9.47 Å². The molecule has 2 saturated heterocycles. The van der Waals surface area contributed by atoms with Crippen LogP contribution in [0.3, 0.4) is 0 Å². The van der Waals surface area contributed by atoms with Crippen molar-refractivity contribution in [1.82, 2.24) is 10.2 Å². The molecule has 1 aromatic carbocycles. The molecule has 0 bridgehead atoms. The lowest BCUT2D eigenvalue weighted by Gasteiger charge is -2.38. The minimum Gasteiger partial charge on any atom is -0.354 e. The third-order valence-electron chi connectivity index (χ3n) is 4.19. The van der Waals surface area contributed by atoms with Crippen LogP contribution in [-0.2, 0) is 9.47 Å². The summed E-state index contributed by atoms with van der Waals surface area (Å²) >= 11 is 0. The zero-order valence-corrected chi connectivity index (χ0v) is 11.3. The predicted octanol–water partition coefficient (Wildman–Crippen LogP) is 1.97. The van der Waals surface area contributed by atoms with E-state index >= 15 is 0 Å². The molecular formula is C15H17N3O2. The number of rotatable bonds is 1. The fourth-order valence-electron chi connectivity index (χ4n) is 3.09. The number of aromatic nitrogens is 2. The summed E-state index contributed by atoms with van der Waals surface area (Å²) in [5, 5.41) is 10.8. The van der Waals surface area contributed by atoms with E-state index in [1.807, 2.05) is 18.3 Å². The monoisotopic (exact) mass is 271 g/mol. The molecule has 2 aliphatic rings. The van der Waals surface area contributed by atoms with Crippen molar-refractivity contribution >= 4 is 16.6 Å². The number of piperidine rings is 1. The summed E-state index contributed by atoms with van der Waals surface area (Å²) in [6, 6.07) is 8.25. The van der Waals surface area contributed by atoms with Crippen LogP contribution in [0.4, 0.5) is 5.82 Å². The lowest BCUT2D eigenvalue weighted by molar-refractivity contribution is -0.169. The van der Waals surface area contributed by atoms with E-state index in [2.05, 4.69) is 27.2 Å². The van der Waals surface area contributed by atoms with E-state index in [0.29, 0.717) is 13.2 Å². The molecule has 2 aromatic rings. The first-order valence-electron chi connectivity index (χ1n) is 7.10. The fourth-order valence-corrected chi connectivity index (χ4v) is 3.09. The Morgan fingerprint density at radius 2 is 1.80 bits per heavy atom. The highest BCUT2D eigenvalue weighted by Crippen LogP contribution is 2.34. The van der Waals surface area contributed by atoms with Crippen LogP contribution < -0.4 is 4.90 Å². The maximum Gasteiger partial charge on any atom is 0.171 e. The van der Waals surface area contributed by atoms with E-state index in [4.69, 9.17) is 9.47 Å². The Morgan fingerprint density at radius 3 is 2.60 bits per heavy atom. The van der Waals surface area contributed by atoms with E-state index < -0.39 is 0 Å². The zero-order chi connectivity index (χ0) is 13.4. The first-order chi connectivity index (χ1) is 9.86. The largest absolute Gasteiger partial charge is 0.354 e. The van der Waals surface area contributed by atoms with Gasteiger partial charge in [0.25, 0.3) is 0 Å². The van der Waals surface area contributed by atoms with E-state index in [9.17, 15) is 0 Å². The van der Waals surface area contributed by atoms with Gasteiger partial charge in [-0.2, -0.15) is 5.10 Å². The molecule has 0 unspecified atom stereocenters. The molecule has 20 heavy (non-hydrogen) atoms. The summed E-state index contributed by atoms with van der Waals surface area (Å²) in [6.45, 7) is 3.22. The van der Waals surface area contributed by atoms with Gasteiger partial charge in [-0.25, -0.2) is 0 Å². The van der Waals surface area contributed by atoms with Crippen molar-refractivity contribution in [3.8, 4) is 0 Å². The van der Waals surface area contributed by atoms with Gasteiger partial charge in [-0.15, -0.1) is 5.10 Å². The number of anilines is 1. The molecule has 0 radical (unpaired) electrons. The highest BCUT2D eigenvalue weighted by atomic mass is 16.7. The second-order valence-electron chi connectivity index (χ2n) is 5.35. The van der Waals surface area contributed by atoms with Crippen molar-refractivity contribution in [1.29, 1.82) is 0 Å². The average Bonchev–Trinajstić information content (AvgIpc) is 2.96. The lowest BCUT2D eigenvalue weighted by Crippen LogP contribution is -2.45. The van der Waals surface area contributed by atoms with Gasteiger partial charge < -0.3 is 14.4 Å². The van der Waals surface area contributed by atoms with Crippen LogP contribution in [-0.4, -0.2) is 42.3 Å². The van der Waals surface area contributed by atoms with Gasteiger partial charge in [-0.1, -0.05) is 24.3 Å². The maximum absolute atomic E-state index is 5.77. The number of nitrogens with zero attached hydrogens (tertiary/aromatic N) is 3. The lowest BCUT2D eigenvalue weighted by atomic mass is 10.0. The molecule has 104 valence electrons. The van der Waals surface area contributed by atoms with Crippen LogP contribution in [0.25, 0.3) is 10.8 Å². The molecule has 2 aliphatic heterocycles. The highest BCUT2D eigenvalue weighted by molar-refractivity contribution is 5.91. The Labute approximate surface area is 117 Å². The van der Waals surface area contributed by atoms with Crippen molar-refractivity contribution in [2.75, 3.05) is 31.2 Å².